The highest BCUT2D eigenvalue weighted by Gasteiger charge is 2.02. The van der Waals surface area contributed by atoms with Gasteiger partial charge in [-0.05, 0) is 35.9 Å². The largest absolute Gasteiger partial charge is 0.478 e. The van der Waals surface area contributed by atoms with E-state index in [1.54, 1.807) is 24.3 Å². The van der Waals surface area contributed by atoms with E-state index >= 15 is 0 Å². The third-order valence-electron chi connectivity index (χ3n) is 3.50. The summed E-state index contributed by atoms with van der Waals surface area (Å²) in [6.45, 7) is 0. The van der Waals surface area contributed by atoms with Crippen LogP contribution in [0.2, 0.25) is 0 Å². The minimum atomic E-state index is -0.924. The lowest BCUT2D eigenvalue weighted by Gasteiger charge is -2.08. The van der Waals surface area contributed by atoms with E-state index in [4.69, 9.17) is 9.84 Å². The number of hydrogen-bond acceptors (Lipinski definition) is 2. The summed E-state index contributed by atoms with van der Waals surface area (Å²) in [6, 6.07) is 24.1. The van der Waals surface area contributed by atoms with Gasteiger partial charge < -0.3 is 9.84 Å². The topological polar surface area (TPSA) is 46.5 Å². The Bertz CT molecular complexity index is 850. The first-order valence-electron chi connectivity index (χ1n) is 7.56. The second kappa shape index (κ2) is 7.29. The first-order valence-corrected chi connectivity index (χ1v) is 7.56. The first kappa shape index (κ1) is 15.6. The fourth-order valence-electron chi connectivity index (χ4n) is 2.25. The van der Waals surface area contributed by atoms with Crippen LogP contribution in [0.25, 0.3) is 12.2 Å². The molecule has 0 saturated carbocycles. The zero-order valence-electron chi connectivity index (χ0n) is 12.9. The Labute approximate surface area is 140 Å². The van der Waals surface area contributed by atoms with Crippen molar-refractivity contribution >= 4 is 18.1 Å². The molecule has 118 valence electrons. The van der Waals surface area contributed by atoms with E-state index in [0.717, 1.165) is 22.6 Å². The highest BCUT2D eigenvalue weighted by atomic mass is 16.5. The lowest BCUT2D eigenvalue weighted by Crippen LogP contribution is -1.94. The third kappa shape index (κ3) is 3.90. The van der Waals surface area contributed by atoms with E-state index in [1.807, 2.05) is 66.7 Å². The molecule has 0 radical (unpaired) electrons. The molecule has 3 nitrogen and oxygen atoms in total. The number of hydrogen-bond donors (Lipinski definition) is 1. The molecule has 0 heterocycles. The fraction of sp³-hybridized carbons (Fsp3) is 0. The van der Waals surface area contributed by atoms with Crippen LogP contribution in [0.4, 0.5) is 0 Å². The molecule has 0 atom stereocenters. The molecule has 0 aliphatic rings. The Balaban J connectivity index is 1.81. The second-order valence-electron chi connectivity index (χ2n) is 5.21. The highest BCUT2D eigenvalue weighted by molar-refractivity contribution is 5.88. The fourth-order valence-corrected chi connectivity index (χ4v) is 2.25. The van der Waals surface area contributed by atoms with Gasteiger partial charge in [-0.15, -0.1) is 0 Å². The van der Waals surface area contributed by atoms with Gasteiger partial charge in [-0.2, -0.15) is 0 Å². The number of rotatable bonds is 5. The van der Waals surface area contributed by atoms with Crippen molar-refractivity contribution < 1.29 is 14.6 Å². The number of carbonyl (C=O) groups is 1. The van der Waals surface area contributed by atoms with Gasteiger partial charge in [-0.1, -0.05) is 60.7 Å². The molecule has 3 aromatic carbocycles. The van der Waals surface area contributed by atoms with Crippen LogP contribution in [0.1, 0.15) is 21.5 Å². The number of benzene rings is 3. The van der Waals surface area contributed by atoms with Crippen molar-refractivity contribution in [2.24, 2.45) is 0 Å². The Morgan fingerprint density at radius 1 is 0.792 bits per heavy atom. The van der Waals surface area contributed by atoms with Crippen LogP contribution in [-0.4, -0.2) is 11.1 Å². The average Bonchev–Trinajstić information content (AvgIpc) is 2.62. The molecule has 0 aromatic heterocycles. The van der Waals surface area contributed by atoms with E-state index < -0.39 is 5.97 Å². The standard InChI is InChI=1S/C21H16O3/c22-21(23)18-14-11-16(12-15-18)10-13-17-6-4-5-9-20(17)24-19-7-2-1-3-8-19/h1-15H,(H,22,23)/b13-10+. The molecule has 0 saturated heterocycles. The summed E-state index contributed by atoms with van der Waals surface area (Å²) in [4.78, 5) is 10.9. The molecule has 0 unspecified atom stereocenters. The molecule has 3 aromatic rings. The van der Waals surface area contributed by atoms with Crippen LogP contribution in [0.3, 0.4) is 0 Å². The van der Waals surface area contributed by atoms with E-state index in [1.165, 1.54) is 0 Å². The summed E-state index contributed by atoms with van der Waals surface area (Å²) in [7, 11) is 0. The molecule has 0 fully saturated rings. The van der Waals surface area contributed by atoms with Crippen LogP contribution in [0.15, 0.2) is 78.9 Å². The van der Waals surface area contributed by atoms with Gasteiger partial charge in [-0.25, -0.2) is 4.79 Å². The van der Waals surface area contributed by atoms with Crippen molar-refractivity contribution in [1.82, 2.24) is 0 Å². The van der Waals surface area contributed by atoms with Crippen LogP contribution in [0.5, 0.6) is 11.5 Å². The highest BCUT2D eigenvalue weighted by Crippen LogP contribution is 2.26. The molecule has 0 aliphatic carbocycles. The molecular weight excluding hydrogens is 300 g/mol. The normalized spacial score (nSPS) is 10.7. The van der Waals surface area contributed by atoms with Gasteiger partial charge in [0, 0.05) is 5.56 Å². The van der Waals surface area contributed by atoms with E-state index in [-0.39, 0.29) is 5.56 Å². The van der Waals surface area contributed by atoms with Gasteiger partial charge in [0.05, 0.1) is 5.56 Å². The molecule has 1 N–H and O–H groups in total. The zero-order chi connectivity index (χ0) is 16.8. The molecule has 0 aliphatic heterocycles. The lowest BCUT2D eigenvalue weighted by atomic mass is 10.1. The summed E-state index contributed by atoms with van der Waals surface area (Å²) in [5.74, 6) is 0.624. The molecule has 0 spiro atoms. The summed E-state index contributed by atoms with van der Waals surface area (Å²) < 4.78 is 5.92. The molecule has 3 heteroatoms. The van der Waals surface area contributed by atoms with Crippen molar-refractivity contribution in [3.63, 3.8) is 0 Å². The van der Waals surface area contributed by atoms with Gasteiger partial charge >= 0.3 is 5.97 Å². The van der Waals surface area contributed by atoms with Crippen molar-refractivity contribution in [1.29, 1.82) is 0 Å². The van der Waals surface area contributed by atoms with Crippen LogP contribution >= 0.6 is 0 Å². The molecule has 0 bridgehead atoms. The first-order chi connectivity index (χ1) is 11.7. The second-order valence-corrected chi connectivity index (χ2v) is 5.21. The van der Waals surface area contributed by atoms with Gasteiger partial charge in [0.2, 0.25) is 0 Å². The Morgan fingerprint density at radius 2 is 1.46 bits per heavy atom. The van der Waals surface area contributed by atoms with E-state index in [2.05, 4.69) is 0 Å². The summed E-state index contributed by atoms with van der Waals surface area (Å²) in [6.07, 6.45) is 3.88. The molecule has 3 rings (SSSR count). The molecular formula is C21H16O3. The Hall–Kier alpha value is -3.33. The van der Waals surface area contributed by atoms with Crippen LogP contribution in [-0.2, 0) is 0 Å². The average molecular weight is 316 g/mol. The van der Waals surface area contributed by atoms with Gasteiger partial charge in [0.1, 0.15) is 11.5 Å². The lowest BCUT2D eigenvalue weighted by molar-refractivity contribution is 0.0697. The number of para-hydroxylation sites is 2. The maximum atomic E-state index is 10.9. The number of carboxylic acid groups (broad SMARTS) is 1. The third-order valence-corrected chi connectivity index (χ3v) is 3.50. The zero-order valence-corrected chi connectivity index (χ0v) is 12.9. The minimum Gasteiger partial charge on any atom is -0.478 e. The molecule has 0 amide bonds. The summed E-state index contributed by atoms with van der Waals surface area (Å²) in [5.41, 5.74) is 2.15. The van der Waals surface area contributed by atoms with Crippen molar-refractivity contribution in [2.45, 2.75) is 0 Å². The van der Waals surface area contributed by atoms with Crippen LogP contribution in [0, 0.1) is 0 Å². The minimum absolute atomic E-state index is 0.278. The van der Waals surface area contributed by atoms with Crippen molar-refractivity contribution in [3.8, 4) is 11.5 Å². The smallest absolute Gasteiger partial charge is 0.335 e. The SMILES string of the molecule is O=C(O)c1ccc(/C=C/c2ccccc2Oc2ccccc2)cc1. The van der Waals surface area contributed by atoms with Gasteiger partial charge in [0.25, 0.3) is 0 Å². The van der Waals surface area contributed by atoms with Crippen molar-refractivity contribution in [3.05, 3.63) is 95.6 Å². The van der Waals surface area contributed by atoms with E-state index in [9.17, 15) is 4.79 Å². The Kier molecular flexibility index (Phi) is 4.73. The predicted octanol–water partition coefficient (Wildman–Crippen LogP) is 5.35. The predicted molar refractivity (Wildman–Crippen MR) is 95.3 cm³/mol. The maximum Gasteiger partial charge on any atom is 0.335 e. The van der Waals surface area contributed by atoms with Crippen LogP contribution < -0.4 is 4.74 Å². The van der Waals surface area contributed by atoms with Crippen molar-refractivity contribution in [2.75, 3.05) is 0 Å². The summed E-state index contributed by atoms with van der Waals surface area (Å²) in [5, 5.41) is 8.93. The van der Waals surface area contributed by atoms with Gasteiger partial charge in [0.15, 0.2) is 0 Å². The molecule has 24 heavy (non-hydrogen) atoms. The maximum absolute atomic E-state index is 10.9. The number of aromatic carboxylic acids is 1. The Morgan fingerprint density at radius 3 is 2.17 bits per heavy atom. The van der Waals surface area contributed by atoms with Gasteiger partial charge in [-0.3, -0.25) is 0 Å². The monoisotopic (exact) mass is 316 g/mol. The number of ether oxygens (including phenoxy) is 1. The number of carboxylic acids is 1. The summed E-state index contributed by atoms with van der Waals surface area (Å²) >= 11 is 0. The van der Waals surface area contributed by atoms with E-state index in [0.29, 0.717) is 0 Å². The quantitative estimate of drug-likeness (QED) is 0.646.